The fourth-order valence-corrected chi connectivity index (χ4v) is 4.43. The number of aromatic nitrogens is 6. The maximum absolute atomic E-state index is 6.86. The van der Waals surface area contributed by atoms with Crippen LogP contribution in [0.4, 0.5) is 5.82 Å². The van der Waals surface area contributed by atoms with Crippen molar-refractivity contribution in [3.63, 3.8) is 0 Å². The van der Waals surface area contributed by atoms with Gasteiger partial charge in [0.1, 0.15) is 23.6 Å². The zero-order valence-electron chi connectivity index (χ0n) is 16.9. The van der Waals surface area contributed by atoms with Gasteiger partial charge in [0.15, 0.2) is 0 Å². The third-order valence-corrected chi connectivity index (χ3v) is 6.26. The molecule has 0 unspecified atom stereocenters. The van der Waals surface area contributed by atoms with Crippen molar-refractivity contribution in [2.75, 3.05) is 18.0 Å². The van der Waals surface area contributed by atoms with Crippen LogP contribution in [-0.2, 0) is 5.54 Å². The van der Waals surface area contributed by atoms with Crippen LogP contribution in [0.5, 0.6) is 0 Å². The molecule has 1 aromatic carbocycles. The van der Waals surface area contributed by atoms with E-state index in [1.54, 1.807) is 18.7 Å². The van der Waals surface area contributed by atoms with E-state index in [0.717, 1.165) is 70.8 Å². The van der Waals surface area contributed by atoms with Crippen LogP contribution in [0.15, 0.2) is 61.3 Å². The molecule has 5 aromatic rings. The van der Waals surface area contributed by atoms with Gasteiger partial charge < -0.3 is 20.6 Å². The average Bonchev–Trinajstić information content (AvgIpc) is 3.47. The number of pyridine rings is 1. The summed E-state index contributed by atoms with van der Waals surface area (Å²) in [5.41, 5.74) is 11.4. The van der Waals surface area contributed by atoms with Crippen molar-refractivity contribution in [1.82, 2.24) is 29.9 Å². The summed E-state index contributed by atoms with van der Waals surface area (Å²) in [5, 5.41) is 1.04. The van der Waals surface area contributed by atoms with Gasteiger partial charge >= 0.3 is 0 Å². The summed E-state index contributed by atoms with van der Waals surface area (Å²) >= 11 is 0. The molecule has 1 saturated heterocycles. The van der Waals surface area contributed by atoms with Gasteiger partial charge in [0, 0.05) is 31.7 Å². The smallest absolute Gasteiger partial charge is 0.142 e. The summed E-state index contributed by atoms with van der Waals surface area (Å²) in [4.78, 5) is 26.7. The number of hydrogen-bond donors (Lipinski definition) is 3. The van der Waals surface area contributed by atoms with E-state index in [1.807, 2.05) is 24.4 Å². The fraction of sp³-hybridized carbons (Fsp3) is 0.217. The second-order valence-corrected chi connectivity index (χ2v) is 8.13. The molecule has 0 spiro atoms. The summed E-state index contributed by atoms with van der Waals surface area (Å²) in [6.07, 6.45) is 8.70. The Hall–Kier alpha value is -3.78. The van der Waals surface area contributed by atoms with Gasteiger partial charge in [-0.15, -0.1) is 0 Å². The highest BCUT2D eigenvalue weighted by Crippen LogP contribution is 2.34. The van der Waals surface area contributed by atoms with E-state index in [9.17, 15) is 0 Å². The Kier molecular flexibility index (Phi) is 4.00. The molecule has 8 heteroatoms. The van der Waals surface area contributed by atoms with Crippen molar-refractivity contribution in [2.45, 2.75) is 18.4 Å². The van der Waals surface area contributed by atoms with Gasteiger partial charge in [-0.05, 0) is 54.3 Å². The first-order valence-corrected chi connectivity index (χ1v) is 10.4. The Morgan fingerprint density at radius 2 is 1.81 bits per heavy atom. The lowest BCUT2D eigenvalue weighted by molar-refractivity contribution is 0.327. The largest absolute Gasteiger partial charge is 0.356 e. The third-order valence-electron chi connectivity index (χ3n) is 6.26. The molecular weight excluding hydrogens is 388 g/mol. The molecule has 4 aromatic heterocycles. The van der Waals surface area contributed by atoms with Crippen LogP contribution >= 0.6 is 0 Å². The number of fused-ring (bicyclic) bond motifs is 2. The van der Waals surface area contributed by atoms with Crippen LogP contribution < -0.4 is 10.6 Å². The van der Waals surface area contributed by atoms with Crippen molar-refractivity contribution in [3.8, 4) is 11.1 Å². The first kappa shape index (κ1) is 18.0. The summed E-state index contributed by atoms with van der Waals surface area (Å²) in [5.74, 6) is 1.81. The zero-order valence-corrected chi connectivity index (χ0v) is 16.9. The first-order chi connectivity index (χ1) is 15.2. The summed E-state index contributed by atoms with van der Waals surface area (Å²) in [6, 6.07) is 12.3. The maximum atomic E-state index is 6.86. The molecule has 4 N–H and O–H groups in total. The molecule has 0 bridgehead atoms. The lowest BCUT2D eigenvalue weighted by Crippen LogP contribution is -2.49. The van der Waals surface area contributed by atoms with E-state index in [2.05, 4.69) is 48.0 Å². The van der Waals surface area contributed by atoms with Crippen molar-refractivity contribution < 1.29 is 0 Å². The summed E-state index contributed by atoms with van der Waals surface area (Å²) in [6.45, 7) is 1.63. The Balaban J connectivity index is 1.27. The standard InChI is InChI=1S/C23H22N8/c24-23(6-11-31(12-7-23)21-17-5-10-26-20(17)27-14-28-21)22-29-18-2-1-16(13-19(18)30-22)15-3-8-25-9-4-15/h1-5,8-10,13-14H,6-7,11-12,24H2,(H,29,30)(H,26,27,28). The normalized spacial score (nSPS) is 16.2. The number of nitrogens with two attached hydrogens (primary N) is 1. The number of piperidine rings is 1. The number of H-pyrrole nitrogens is 2. The molecule has 154 valence electrons. The number of rotatable bonds is 3. The fourth-order valence-electron chi connectivity index (χ4n) is 4.43. The Morgan fingerprint density at radius 3 is 2.65 bits per heavy atom. The predicted octanol–water partition coefficient (Wildman–Crippen LogP) is 3.35. The number of benzene rings is 1. The van der Waals surface area contributed by atoms with Crippen LogP contribution in [0.1, 0.15) is 18.7 Å². The highest BCUT2D eigenvalue weighted by atomic mass is 15.2. The van der Waals surface area contributed by atoms with Crippen LogP contribution in [0.2, 0.25) is 0 Å². The minimum atomic E-state index is -0.489. The highest BCUT2D eigenvalue weighted by molar-refractivity contribution is 5.87. The number of nitrogens with zero attached hydrogens (tertiary/aromatic N) is 5. The van der Waals surface area contributed by atoms with Gasteiger partial charge in [0.2, 0.25) is 0 Å². The quantitative estimate of drug-likeness (QED) is 0.420. The monoisotopic (exact) mass is 410 g/mol. The molecule has 6 rings (SSSR count). The molecule has 1 fully saturated rings. The lowest BCUT2D eigenvalue weighted by Gasteiger charge is -2.38. The van der Waals surface area contributed by atoms with E-state index in [1.165, 1.54) is 0 Å². The van der Waals surface area contributed by atoms with E-state index in [0.29, 0.717) is 0 Å². The van der Waals surface area contributed by atoms with Crippen LogP contribution in [0.3, 0.4) is 0 Å². The zero-order chi connectivity index (χ0) is 20.8. The lowest BCUT2D eigenvalue weighted by atomic mass is 9.88. The first-order valence-electron chi connectivity index (χ1n) is 10.4. The second kappa shape index (κ2) is 6.88. The molecule has 0 atom stereocenters. The maximum Gasteiger partial charge on any atom is 0.142 e. The molecule has 1 aliphatic rings. The van der Waals surface area contributed by atoms with Crippen molar-refractivity contribution in [1.29, 1.82) is 0 Å². The van der Waals surface area contributed by atoms with E-state index < -0.39 is 5.54 Å². The molecule has 1 aliphatic heterocycles. The highest BCUT2D eigenvalue weighted by Gasteiger charge is 2.36. The Morgan fingerprint density at radius 1 is 0.968 bits per heavy atom. The molecular formula is C23H22N8. The molecule has 8 nitrogen and oxygen atoms in total. The molecule has 31 heavy (non-hydrogen) atoms. The van der Waals surface area contributed by atoms with Crippen molar-refractivity contribution in [3.05, 3.63) is 67.1 Å². The van der Waals surface area contributed by atoms with Crippen LogP contribution in [-0.4, -0.2) is 43.0 Å². The number of aromatic amines is 2. The van der Waals surface area contributed by atoms with Gasteiger partial charge in [-0.1, -0.05) is 6.07 Å². The number of imidazole rings is 1. The van der Waals surface area contributed by atoms with Crippen LogP contribution in [0, 0.1) is 0 Å². The summed E-state index contributed by atoms with van der Waals surface area (Å²) < 4.78 is 0. The number of nitrogens with one attached hydrogen (secondary N) is 2. The van der Waals surface area contributed by atoms with Gasteiger partial charge in [0.25, 0.3) is 0 Å². The molecule has 0 saturated carbocycles. The molecule has 0 radical (unpaired) electrons. The molecule has 5 heterocycles. The van der Waals surface area contributed by atoms with E-state index in [4.69, 9.17) is 10.7 Å². The average molecular weight is 410 g/mol. The Labute approximate surface area is 178 Å². The minimum absolute atomic E-state index is 0.489. The minimum Gasteiger partial charge on any atom is -0.356 e. The van der Waals surface area contributed by atoms with E-state index >= 15 is 0 Å². The SMILES string of the molecule is NC1(c2nc3cc(-c4ccncc4)ccc3[nH]2)CCN(c2ncnc3[nH]ccc23)CC1. The number of hydrogen-bond acceptors (Lipinski definition) is 6. The molecule has 0 amide bonds. The third kappa shape index (κ3) is 3.03. The molecule has 0 aliphatic carbocycles. The number of anilines is 1. The van der Waals surface area contributed by atoms with Gasteiger partial charge in [-0.3, -0.25) is 4.98 Å². The van der Waals surface area contributed by atoms with Gasteiger partial charge in [-0.2, -0.15) is 0 Å². The van der Waals surface area contributed by atoms with Gasteiger partial charge in [0.05, 0.1) is 22.0 Å². The summed E-state index contributed by atoms with van der Waals surface area (Å²) in [7, 11) is 0. The topological polar surface area (TPSA) is 112 Å². The second-order valence-electron chi connectivity index (χ2n) is 8.13. The van der Waals surface area contributed by atoms with Gasteiger partial charge in [-0.25, -0.2) is 15.0 Å². The van der Waals surface area contributed by atoms with Crippen LogP contribution in [0.25, 0.3) is 33.2 Å². The Bertz CT molecular complexity index is 1360. The van der Waals surface area contributed by atoms with E-state index in [-0.39, 0.29) is 0 Å². The van der Waals surface area contributed by atoms with Crippen molar-refractivity contribution in [2.24, 2.45) is 5.73 Å². The van der Waals surface area contributed by atoms with Crippen molar-refractivity contribution >= 4 is 27.9 Å². The predicted molar refractivity (Wildman–Crippen MR) is 121 cm³/mol.